The molecule has 8 heteroatoms. The van der Waals surface area contributed by atoms with E-state index in [4.69, 9.17) is 9.47 Å². The van der Waals surface area contributed by atoms with Gasteiger partial charge in [0.05, 0.1) is 24.2 Å². The highest BCUT2D eigenvalue weighted by molar-refractivity contribution is 6.23. The fourth-order valence-electron chi connectivity index (χ4n) is 3.43. The fourth-order valence-corrected chi connectivity index (χ4v) is 3.43. The summed E-state index contributed by atoms with van der Waals surface area (Å²) >= 11 is 0. The number of anilines is 1. The molecule has 1 heterocycles. The Kier molecular flexibility index (Phi) is 7.20. The van der Waals surface area contributed by atoms with Gasteiger partial charge in [0.2, 0.25) is 5.91 Å². The molecular formula is C26H28N2O6. The summed E-state index contributed by atoms with van der Waals surface area (Å²) in [5, 5.41) is 0.411. The minimum absolute atomic E-state index is 0.155. The van der Waals surface area contributed by atoms with Crippen molar-refractivity contribution in [2.45, 2.75) is 27.7 Å². The van der Waals surface area contributed by atoms with Gasteiger partial charge >= 0.3 is 5.97 Å². The van der Waals surface area contributed by atoms with Crippen LogP contribution in [0.25, 0.3) is 10.9 Å². The van der Waals surface area contributed by atoms with Crippen molar-refractivity contribution in [3.63, 3.8) is 0 Å². The minimum atomic E-state index is -0.873. The number of aromatic nitrogens is 1. The zero-order chi connectivity index (χ0) is 25.2. The van der Waals surface area contributed by atoms with Crippen LogP contribution < -0.4 is 19.9 Å². The molecule has 0 atom stereocenters. The van der Waals surface area contributed by atoms with Gasteiger partial charge in [0, 0.05) is 18.4 Å². The summed E-state index contributed by atoms with van der Waals surface area (Å²) in [6.07, 6.45) is 0. The SMILES string of the molecule is COc1ccc(N(C(=O)c2c(OC(=O)C(C)C)c3ccccc3n(C)c2=O)C(=O)C(C)C)cc1. The van der Waals surface area contributed by atoms with Gasteiger partial charge in [-0.05, 0) is 36.4 Å². The van der Waals surface area contributed by atoms with Gasteiger partial charge in [0.15, 0.2) is 5.75 Å². The number of hydrogen-bond acceptors (Lipinski definition) is 6. The van der Waals surface area contributed by atoms with Gasteiger partial charge in [-0.3, -0.25) is 19.2 Å². The second kappa shape index (κ2) is 9.91. The normalized spacial score (nSPS) is 11.1. The summed E-state index contributed by atoms with van der Waals surface area (Å²) in [6.45, 7) is 6.62. The van der Waals surface area contributed by atoms with E-state index in [0.29, 0.717) is 16.7 Å². The monoisotopic (exact) mass is 464 g/mol. The maximum absolute atomic E-state index is 13.9. The van der Waals surface area contributed by atoms with Crippen LogP contribution in [-0.4, -0.2) is 29.5 Å². The number of ether oxygens (including phenoxy) is 2. The molecule has 0 saturated carbocycles. The van der Waals surface area contributed by atoms with Crippen molar-refractivity contribution in [1.29, 1.82) is 0 Å². The number of benzene rings is 2. The lowest BCUT2D eigenvalue weighted by atomic mass is 10.1. The van der Waals surface area contributed by atoms with Gasteiger partial charge < -0.3 is 14.0 Å². The summed E-state index contributed by atoms with van der Waals surface area (Å²) < 4.78 is 12.1. The van der Waals surface area contributed by atoms with Crippen LogP contribution in [-0.2, 0) is 16.6 Å². The van der Waals surface area contributed by atoms with E-state index in [2.05, 4.69) is 0 Å². The standard InChI is InChI=1S/C26H28N2O6/c1-15(2)23(29)28(17-11-13-18(33-6)14-12-17)25(31)21-22(34-26(32)16(3)4)19-9-7-8-10-20(19)27(5)24(21)30/h7-16H,1-6H3. The first-order valence-electron chi connectivity index (χ1n) is 10.9. The smallest absolute Gasteiger partial charge is 0.313 e. The Morgan fingerprint density at radius 1 is 0.912 bits per heavy atom. The van der Waals surface area contributed by atoms with E-state index < -0.39 is 35.2 Å². The van der Waals surface area contributed by atoms with E-state index in [9.17, 15) is 19.2 Å². The number of aryl methyl sites for hydroxylation is 1. The maximum atomic E-state index is 13.9. The molecule has 0 unspecified atom stereocenters. The third kappa shape index (κ3) is 4.57. The molecule has 0 N–H and O–H groups in total. The Bertz CT molecular complexity index is 1310. The molecule has 1 aromatic heterocycles. The molecular weight excluding hydrogens is 436 g/mol. The number of pyridine rings is 1. The molecule has 2 amide bonds. The van der Waals surface area contributed by atoms with Crippen LogP contribution in [0.2, 0.25) is 0 Å². The van der Waals surface area contributed by atoms with E-state index in [0.717, 1.165) is 4.90 Å². The van der Waals surface area contributed by atoms with Crippen molar-refractivity contribution in [2.75, 3.05) is 12.0 Å². The number of fused-ring (bicyclic) bond motifs is 1. The predicted molar refractivity (Wildman–Crippen MR) is 129 cm³/mol. The number of nitrogens with zero attached hydrogens (tertiary/aromatic N) is 2. The van der Waals surface area contributed by atoms with Crippen molar-refractivity contribution < 1.29 is 23.9 Å². The molecule has 8 nitrogen and oxygen atoms in total. The molecule has 0 aliphatic rings. The number of rotatable bonds is 6. The highest BCUT2D eigenvalue weighted by Gasteiger charge is 2.33. The van der Waals surface area contributed by atoms with E-state index in [1.165, 1.54) is 18.7 Å². The summed E-state index contributed by atoms with van der Waals surface area (Å²) in [4.78, 5) is 54.0. The van der Waals surface area contributed by atoms with Crippen LogP contribution in [0.4, 0.5) is 5.69 Å². The van der Waals surface area contributed by atoms with Crippen molar-refractivity contribution in [3.05, 3.63) is 64.4 Å². The topological polar surface area (TPSA) is 94.9 Å². The summed E-state index contributed by atoms with van der Waals surface area (Å²) in [6, 6.07) is 13.2. The number of carbonyl (C=O) groups excluding carboxylic acids is 3. The predicted octanol–water partition coefficient (Wildman–Crippen LogP) is 3.94. The molecule has 0 saturated heterocycles. The second-order valence-electron chi connectivity index (χ2n) is 8.49. The third-order valence-electron chi connectivity index (χ3n) is 5.39. The van der Waals surface area contributed by atoms with E-state index in [1.807, 2.05) is 0 Å². The first-order chi connectivity index (χ1) is 16.1. The maximum Gasteiger partial charge on any atom is 0.313 e. The number of carbonyl (C=O) groups is 3. The van der Waals surface area contributed by atoms with Crippen LogP contribution in [0.1, 0.15) is 38.1 Å². The van der Waals surface area contributed by atoms with Gasteiger partial charge in [-0.25, -0.2) is 4.90 Å². The molecule has 178 valence electrons. The molecule has 2 aromatic carbocycles. The Balaban J connectivity index is 2.31. The number of amides is 2. The zero-order valence-corrected chi connectivity index (χ0v) is 20.1. The minimum Gasteiger partial charge on any atom is -0.497 e. The second-order valence-corrected chi connectivity index (χ2v) is 8.49. The highest BCUT2D eigenvalue weighted by atomic mass is 16.5. The number of hydrogen-bond donors (Lipinski definition) is 0. The van der Waals surface area contributed by atoms with Crippen molar-refractivity contribution in [2.24, 2.45) is 18.9 Å². The first-order valence-corrected chi connectivity index (χ1v) is 10.9. The summed E-state index contributed by atoms with van der Waals surface area (Å²) in [5.74, 6) is -2.64. The van der Waals surface area contributed by atoms with Crippen LogP contribution >= 0.6 is 0 Å². The van der Waals surface area contributed by atoms with Crippen molar-refractivity contribution in [3.8, 4) is 11.5 Å². The largest absolute Gasteiger partial charge is 0.497 e. The van der Waals surface area contributed by atoms with Gasteiger partial charge in [-0.1, -0.05) is 39.8 Å². The zero-order valence-electron chi connectivity index (χ0n) is 20.1. The number of para-hydroxylation sites is 1. The number of methoxy groups -OCH3 is 1. The molecule has 0 spiro atoms. The first kappa shape index (κ1) is 24.7. The van der Waals surface area contributed by atoms with Gasteiger partial charge in [-0.15, -0.1) is 0 Å². The van der Waals surface area contributed by atoms with Crippen molar-refractivity contribution in [1.82, 2.24) is 4.57 Å². The Hall–Kier alpha value is -3.94. The Morgan fingerprint density at radius 3 is 2.09 bits per heavy atom. The summed E-state index contributed by atoms with van der Waals surface area (Å²) in [7, 11) is 3.03. The Labute approximate surface area is 197 Å². The highest BCUT2D eigenvalue weighted by Crippen LogP contribution is 2.31. The number of imide groups is 1. The molecule has 0 radical (unpaired) electrons. The molecule has 0 aliphatic carbocycles. The van der Waals surface area contributed by atoms with Crippen molar-refractivity contribution >= 4 is 34.4 Å². The van der Waals surface area contributed by atoms with Gasteiger partial charge in [-0.2, -0.15) is 0 Å². The van der Waals surface area contributed by atoms with Crippen LogP contribution in [0.3, 0.4) is 0 Å². The summed E-state index contributed by atoms with van der Waals surface area (Å²) in [5.41, 5.74) is -0.312. The molecule has 3 aromatic rings. The van der Waals surface area contributed by atoms with Crippen LogP contribution in [0.5, 0.6) is 11.5 Å². The third-order valence-corrected chi connectivity index (χ3v) is 5.39. The average Bonchev–Trinajstić information content (AvgIpc) is 2.82. The lowest BCUT2D eigenvalue weighted by Crippen LogP contribution is -2.43. The lowest BCUT2D eigenvalue weighted by molar-refractivity contribution is -0.137. The number of esters is 1. The molecule has 3 rings (SSSR count). The Morgan fingerprint density at radius 2 is 1.53 bits per heavy atom. The average molecular weight is 465 g/mol. The van der Waals surface area contributed by atoms with Gasteiger partial charge in [0.1, 0.15) is 11.3 Å². The molecule has 34 heavy (non-hydrogen) atoms. The van der Waals surface area contributed by atoms with E-state index in [1.54, 1.807) is 76.2 Å². The van der Waals surface area contributed by atoms with E-state index >= 15 is 0 Å². The molecule has 0 fully saturated rings. The molecule has 0 aliphatic heterocycles. The van der Waals surface area contributed by atoms with E-state index in [-0.39, 0.29) is 17.0 Å². The molecule has 0 bridgehead atoms. The van der Waals surface area contributed by atoms with Gasteiger partial charge in [0.25, 0.3) is 11.5 Å². The van der Waals surface area contributed by atoms with Crippen LogP contribution in [0, 0.1) is 11.8 Å². The van der Waals surface area contributed by atoms with Crippen LogP contribution in [0.15, 0.2) is 53.3 Å². The lowest BCUT2D eigenvalue weighted by Gasteiger charge is -2.24. The quantitative estimate of drug-likeness (QED) is 0.513. The fraction of sp³-hybridized carbons (Fsp3) is 0.308.